The van der Waals surface area contributed by atoms with Crippen molar-refractivity contribution >= 4 is 21.9 Å². The van der Waals surface area contributed by atoms with Crippen LogP contribution in [0.1, 0.15) is 11.1 Å². The molecule has 0 N–H and O–H groups in total. The zero-order chi connectivity index (χ0) is 18.2. The van der Waals surface area contributed by atoms with Gasteiger partial charge in [-0.1, -0.05) is 52.3 Å². The molecule has 2 heterocycles. The van der Waals surface area contributed by atoms with Crippen LogP contribution in [0, 0.1) is 0 Å². The van der Waals surface area contributed by atoms with Gasteiger partial charge in [-0.3, -0.25) is 0 Å². The molecule has 2 aliphatic rings. The molecule has 0 atom stereocenters. The second-order valence-corrected chi connectivity index (χ2v) is 7.88. The largest absolute Gasteiger partial charge is 0.378 e. The summed E-state index contributed by atoms with van der Waals surface area (Å²) in [5.74, 6) is 0.812. The number of ether oxygens (including phenoxy) is 1. The Morgan fingerprint density at radius 1 is 0.852 bits per heavy atom. The molecule has 0 unspecified atom stereocenters. The lowest BCUT2D eigenvalue weighted by molar-refractivity contribution is 0.122. The molecule has 0 radical (unpaired) electrons. The minimum atomic E-state index is 0.727. The van der Waals surface area contributed by atoms with Gasteiger partial charge in [0, 0.05) is 34.3 Å². The second kappa shape index (κ2) is 7.06. The summed E-state index contributed by atoms with van der Waals surface area (Å²) in [5.41, 5.74) is 7.17. The minimum Gasteiger partial charge on any atom is -0.378 e. The van der Waals surface area contributed by atoms with Crippen LogP contribution >= 0.6 is 15.9 Å². The molecule has 27 heavy (non-hydrogen) atoms. The number of anilines is 1. The Morgan fingerprint density at radius 3 is 2.41 bits per heavy atom. The minimum absolute atomic E-state index is 0.727. The lowest BCUT2D eigenvalue weighted by Gasteiger charge is -2.29. The van der Waals surface area contributed by atoms with Crippen LogP contribution in [0.25, 0.3) is 22.5 Å². The fourth-order valence-electron chi connectivity index (χ4n) is 3.91. The number of hydrogen-bond acceptors (Lipinski definition) is 4. The summed E-state index contributed by atoms with van der Waals surface area (Å²) in [6.07, 6.45) is 2.01. The normalized spacial score (nSPS) is 16.0. The Kier molecular flexibility index (Phi) is 4.42. The summed E-state index contributed by atoms with van der Waals surface area (Å²) in [6, 6.07) is 17.0. The summed E-state index contributed by atoms with van der Waals surface area (Å²) in [5, 5.41) is 0. The molecule has 0 bridgehead atoms. The summed E-state index contributed by atoms with van der Waals surface area (Å²) in [7, 11) is 0. The Balaban J connectivity index is 1.71. The predicted molar refractivity (Wildman–Crippen MR) is 111 cm³/mol. The van der Waals surface area contributed by atoms with E-state index in [0.29, 0.717) is 0 Å². The Labute approximate surface area is 167 Å². The first-order valence-corrected chi connectivity index (χ1v) is 10.2. The molecular weight excluding hydrogens is 402 g/mol. The number of nitrogens with zero attached hydrogens (tertiary/aromatic N) is 3. The summed E-state index contributed by atoms with van der Waals surface area (Å²) < 4.78 is 6.59. The van der Waals surface area contributed by atoms with E-state index in [2.05, 4.69) is 69.4 Å². The number of aryl methyl sites for hydroxylation is 1. The number of hydrogen-bond donors (Lipinski definition) is 0. The first kappa shape index (κ1) is 16.9. The first-order chi connectivity index (χ1) is 13.3. The highest BCUT2D eigenvalue weighted by molar-refractivity contribution is 9.10. The van der Waals surface area contributed by atoms with Gasteiger partial charge in [0.1, 0.15) is 0 Å². The fraction of sp³-hybridized carbons (Fsp3) is 0.273. The van der Waals surface area contributed by atoms with Gasteiger partial charge in [0.05, 0.1) is 24.6 Å². The molecule has 4 nitrogen and oxygen atoms in total. The number of rotatable bonds is 2. The molecule has 0 spiro atoms. The Bertz CT molecular complexity index is 981. The van der Waals surface area contributed by atoms with Crippen LogP contribution in [0.5, 0.6) is 0 Å². The van der Waals surface area contributed by atoms with Gasteiger partial charge in [-0.15, -0.1) is 0 Å². The van der Waals surface area contributed by atoms with Crippen LogP contribution in [0.3, 0.4) is 0 Å². The van der Waals surface area contributed by atoms with Crippen molar-refractivity contribution in [1.29, 1.82) is 0 Å². The predicted octanol–water partition coefficient (Wildman–Crippen LogP) is 4.51. The van der Waals surface area contributed by atoms with Crippen LogP contribution < -0.4 is 4.90 Å². The summed E-state index contributed by atoms with van der Waals surface area (Å²) >= 11 is 3.54. The monoisotopic (exact) mass is 421 g/mol. The fourth-order valence-corrected chi connectivity index (χ4v) is 4.18. The van der Waals surface area contributed by atoms with E-state index in [9.17, 15) is 0 Å². The SMILES string of the molecule is Brc1ccc(-c2nc(N3CCOCC3)nc3c2CCc2ccccc2-3)cc1. The summed E-state index contributed by atoms with van der Waals surface area (Å²) in [6.45, 7) is 3.12. The van der Waals surface area contributed by atoms with Crippen molar-refractivity contribution < 1.29 is 4.74 Å². The molecule has 1 saturated heterocycles. The van der Waals surface area contributed by atoms with Gasteiger partial charge in [0.15, 0.2) is 0 Å². The lowest BCUT2D eigenvalue weighted by Crippen LogP contribution is -2.37. The zero-order valence-electron chi connectivity index (χ0n) is 15.0. The highest BCUT2D eigenvalue weighted by Crippen LogP contribution is 2.38. The molecule has 1 aromatic heterocycles. The zero-order valence-corrected chi connectivity index (χ0v) is 16.6. The molecule has 1 aliphatic carbocycles. The molecule has 2 aromatic carbocycles. The Morgan fingerprint density at radius 2 is 1.59 bits per heavy atom. The maximum Gasteiger partial charge on any atom is 0.226 e. The van der Waals surface area contributed by atoms with Crippen LogP contribution in [-0.2, 0) is 17.6 Å². The van der Waals surface area contributed by atoms with Gasteiger partial charge in [0.25, 0.3) is 0 Å². The van der Waals surface area contributed by atoms with E-state index in [-0.39, 0.29) is 0 Å². The quantitative estimate of drug-likeness (QED) is 0.609. The molecule has 1 fully saturated rings. The molecule has 5 rings (SSSR count). The molecule has 0 saturated carbocycles. The van der Waals surface area contributed by atoms with Crippen molar-refractivity contribution in [2.75, 3.05) is 31.2 Å². The van der Waals surface area contributed by atoms with E-state index < -0.39 is 0 Å². The molecule has 5 heteroatoms. The molecule has 136 valence electrons. The van der Waals surface area contributed by atoms with E-state index in [1.54, 1.807) is 0 Å². The Hall–Kier alpha value is -2.24. The average Bonchev–Trinajstić information content (AvgIpc) is 2.74. The third kappa shape index (κ3) is 3.15. The van der Waals surface area contributed by atoms with E-state index in [1.165, 1.54) is 16.7 Å². The van der Waals surface area contributed by atoms with Crippen molar-refractivity contribution in [3.63, 3.8) is 0 Å². The van der Waals surface area contributed by atoms with Gasteiger partial charge < -0.3 is 9.64 Å². The van der Waals surface area contributed by atoms with E-state index in [1.807, 2.05) is 0 Å². The highest BCUT2D eigenvalue weighted by atomic mass is 79.9. The number of aromatic nitrogens is 2. The smallest absolute Gasteiger partial charge is 0.226 e. The van der Waals surface area contributed by atoms with Crippen molar-refractivity contribution in [2.24, 2.45) is 0 Å². The number of halogens is 1. The van der Waals surface area contributed by atoms with Crippen molar-refractivity contribution in [3.05, 3.63) is 64.1 Å². The maximum atomic E-state index is 5.52. The maximum absolute atomic E-state index is 5.52. The number of fused-ring (bicyclic) bond motifs is 3. The third-order valence-corrected chi connectivity index (χ3v) is 5.85. The standard InChI is InChI=1S/C22H20BrN3O/c23-17-8-5-16(6-9-17)20-19-10-7-15-3-1-2-4-18(15)21(19)25-22(24-20)26-11-13-27-14-12-26/h1-6,8-9H,7,10-14H2. The summed E-state index contributed by atoms with van der Waals surface area (Å²) in [4.78, 5) is 12.3. The van der Waals surface area contributed by atoms with Gasteiger partial charge in [0.2, 0.25) is 5.95 Å². The van der Waals surface area contributed by atoms with Gasteiger partial charge in [-0.25, -0.2) is 9.97 Å². The lowest BCUT2D eigenvalue weighted by atomic mass is 9.87. The highest BCUT2D eigenvalue weighted by Gasteiger charge is 2.25. The van der Waals surface area contributed by atoms with E-state index in [4.69, 9.17) is 14.7 Å². The number of benzene rings is 2. The van der Waals surface area contributed by atoms with Crippen LogP contribution in [0.2, 0.25) is 0 Å². The van der Waals surface area contributed by atoms with Crippen LogP contribution in [0.4, 0.5) is 5.95 Å². The number of morpholine rings is 1. The van der Waals surface area contributed by atoms with E-state index in [0.717, 1.165) is 66.5 Å². The third-order valence-electron chi connectivity index (χ3n) is 5.32. The van der Waals surface area contributed by atoms with Crippen molar-refractivity contribution in [2.45, 2.75) is 12.8 Å². The van der Waals surface area contributed by atoms with Gasteiger partial charge >= 0.3 is 0 Å². The van der Waals surface area contributed by atoms with Crippen molar-refractivity contribution in [1.82, 2.24) is 9.97 Å². The molecule has 3 aromatic rings. The van der Waals surface area contributed by atoms with Crippen LogP contribution in [-0.4, -0.2) is 36.3 Å². The molecular formula is C22H20BrN3O. The first-order valence-electron chi connectivity index (χ1n) is 9.37. The molecule has 1 aliphatic heterocycles. The molecule has 0 amide bonds. The van der Waals surface area contributed by atoms with Gasteiger partial charge in [-0.05, 0) is 30.5 Å². The topological polar surface area (TPSA) is 38.2 Å². The average molecular weight is 422 g/mol. The van der Waals surface area contributed by atoms with Crippen molar-refractivity contribution in [3.8, 4) is 22.5 Å². The second-order valence-electron chi connectivity index (χ2n) is 6.96. The van der Waals surface area contributed by atoms with Gasteiger partial charge in [-0.2, -0.15) is 0 Å². The van der Waals surface area contributed by atoms with E-state index >= 15 is 0 Å². The van der Waals surface area contributed by atoms with Crippen LogP contribution in [0.15, 0.2) is 53.0 Å².